The zero-order chi connectivity index (χ0) is 23.3. The summed E-state index contributed by atoms with van der Waals surface area (Å²) in [5, 5.41) is 2.10. The number of rotatable bonds is 7. The number of nitrogens with one attached hydrogen (secondary N) is 1. The first kappa shape index (κ1) is 24.5. The average molecular weight is 530 g/mol. The van der Waals surface area contributed by atoms with Crippen molar-refractivity contribution in [2.75, 3.05) is 10.6 Å². The van der Waals surface area contributed by atoms with Crippen molar-refractivity contribution in [3.8, 4) is 23.8 Å². The summed E-state index contributed by atoms with van der Waals surface area (Å²) < 4.78 is 33.5. The van der Waals surface area contributed by atoms with Gasteiger partial charge in [0, 0.05) is 0 Å². The van der Waals surface area contributed by atoms with Gasteiger partial charge in [0.1, 0.15) is 5.75 Å². The Morgan fingerprint density at radius 2 is 1.88 bits per heavy atom. The summed E-state index contributed by atoms with van der Waals surface area (Å²) in [5.74, 6) is 2.50. The Balaban J connectivity index is 1.87. The van der Waals surface area contributed by atoms with Crippen molar-refractivity contribution < 1.29 is 13.2 Å². The predicted octanol–water partition coefficient (Wildman–Crippen LogP) is 5.16. The maximum Gasteiger partial charge on any atom is 0.259 e. The number of nitrogens with zero attached hydrogens (tertiary/aromatic N) is 1. The minimum absolute atomic E-state index is 0.0302. The van der Waals surface area contributed by atoms with Crippen LogP contribution in [0.4, 0.5) is 5.69 Å². The van der Waals surface area contributed by atoms with E-state index >= 15 is 0 Å². The van der Waals surface area contributed by atoms with Gasteiger partial charge < -0.3 is 4.74 Å². The van der Waals surface area contributed by atoms with Gasteiger partial charge in [-0.2, -0.15) is 0 Å². The van der Waals surface area contributed by atoms with Crippen LogP contribution < -0.4 is 20.0 Å². The highest BCUT2D eigenvalue weighted by atomic mass is 35.5. The molecule has 1 aliphatic carbocycles. The Labute approximate surface area is 206 Å². The number of allylic oxidation sites excluding steroid dienone is 4. The molecule has 2 aromatic rings. The number of terminal acetylenes is 1. The molecule has 0 radical (unpaired) electrons. The van der Waals surface area contributed by atoms with Crippen LogP contribution in [-0.2, 0) is 10.0 Å². The van der Waals surface area contributed by atoms with Crippen LogP contribution in [0.3, 0.4) is 0 Å². The fourth-order valence-electron chi connectivity index (χ4n) is 2.80. The zero-order valence-electron chi connectivity index (χ0n) is 16.4. The number of benzene rings is 1. The second-order valence-electron chi connectivity index (χ2n) is 6.53. The van der Waals surface area contributed by atoms with Gasteiger partial charge in [-0.1, -0.05) is 52.9 Å². The molecule has 5 nitrogen and oxygen atoms in total. The van der Waals surface area contributed by atoms with Crippen LogP contribution in [0.2, 0.25) is 10.0 Å². The second-order valence-corrected chi connectivity index (χ2v) is 9.76. The van der Waals surface area contributed by atoms with Crippen LogP contribution in [0.5, 0.6) is 11.5 Å². The lowest BCUT2D eigenvalue weighted by Gasteiger charge is -2.14. The third kappa shape index (κ3) is 6.00. The lowest BCUT2D eigenvalue weighted by atomic mass is 10.1. The maximum atomic E-state index is 12.6. The molecule has 0 unspecified atom stereocenters. The summed E-state index contributed by atoms with van der Waals surface area (Å²) >= 11 is 24.1. The lowest BCUT2D eigenvalue weighted by molar-refractivity contribution is 0.480. The molecule has 3 rings (SSSR count). The molecule has 1 aliphatic rings. The predicted molar refractivity (Wildman–Crippen MR) is 132 cm³/mol. The molecule has 0 fully saturated rings. The molecule has 10 heteroatoms. The monoisotopic (exact) mass is 528 g/mol. The molecule has 1 aromatic carbocycles. The number of anilines is 1. The van der Waals surface area contributed by atoms with Crippen molar-refractivity contribution in [1.82, 2.24) is 4.98 Å². The van der Waals surface area contributed by atoms with E-state index in [4.69, 9.17) is 57.6 Å². The van der Waals surface area contributed by atoms with Gasteiger partial charge >= 0.3 is 0 Å². The number of fused-ring (bicyclic) bond motifs is 1. The number of ether oxygens (including phenoxy) is 1. The van der Waals surface area contributed by atoms with E-state index < -0.39 is 10.0 Å². The number of halogens is 4. The molecule has 166 valence electrons. The Kier molecular flexibility index (Phi) is 8.16. The van der Waals surface area contributed by atoms with E-state index in [1.807, 2.05) is 6.07 Å². The summed E-state index contributed by atoms with van der Waals surface area (Å²) in [6, 6.07) is 4.60. The molecule has 0 aliphatic heterocycles. The van der Waals surface area contributed by atoms with Crippen molar-refractivity contribution in [1.29, 1.82) is 0 Å². The van der Waals surface area contributed by atoms with Crippen molar-refractivity contribution in [2.24, 2.45) is 0 Å². The van der Waals surface area contributed by atoms with Gasteiger partial charge in [-0.05, 0) is 48.4 Å². The van der Waals surface area contributed by atoms with E-state index in [0.717, 1.165) is 23.4 Å². The average Bonchev–Trinajstić information content (AvgIpc) is 2.76. The molecule has 0 spiro atoms. The Bertz CT molecular complexity index is 1350. The molecular formula is C22H16Cl4N2O3S. The van der Waals surface area contributed by atoms with Crippen LogP contribution in [0, 0.1) is 12.3 Å². The quantitative estimate of drug-likeness (QED) is 0.306. The Morgan fingerprint density at radius 1 is 1.19 bits per heavy atom. The van der Waals surface area contributed by atoms with Gasteiger partial charge in [-0.25, -0.2) is 8.42 Å². The van der Waals surface area contributed by atoms with E-state index in [1.165, 1.54) is 24.3 Å². The molecule has 0 atom stereocenters. The first-order chi connectivity index (χ1) is 15.2. The number of hydrogen-bond donors (Lipinski definition) is 1. The standard InChI is InChI=1S/C22H16Cl4N2O3S/c1-2-15(24)7-8-18(12-23)32(29,30)28-16-10-19(25)22(20(26)11-16)31-17-9-14-5-3-4-6-21(14)27-13-17/h1,5-11,13,28H,3-4,12H2/b15-7+,18-8+. The van der Waals surface area contributed by atoms with Crippen LogP contribution in [0.25, 0.3) is 12.2 Å². The minimum atomic E-state index is -4.01. The summed E-state index contributed by atoms with van der Waals surface area (Å²) in [6.07, 6.45) is 15.2. The summed E-state index contributed by atoms with van der Waals surface area (Å²) in [6.45, 7) is 0. The second kappa shape index (κ2) is 10.7. The van der Waals surface area contributed by atoms with Crippen molar-refractivity contribution in [3.63, 3.8) is 0 Å². The highest BCUT2D eigenvalue weighted by molar-refractivity contribution is 7.96. The van der Waals surface area contributed by atoms with Gasteiger partial charge in [-0.15, -0.1) is 18.0 Å². The molecule has 0 amide bonds. The molecular weight excluding hydrogens is 514 g/mol. The smallest absolute Gasteiger partial charge is 0.259 e. The van der Waals surface area contributed by atoms with E-state index in [2.05, 4.69) is 27.8 Å². The first-order valence-electron chi connectivity index (χ1n) is 9.18. The Morgan fingerprint density at radius 3 is 2.53 bits per heavy atom. The molecule has 1 N–H and O–H groups in total. The largest absolute Gasteiger partial charge is 0.453 e. The fourth-order valence-corrected chi connectivity index (χ4v) is 4.89. The van der Waals surface area contributed by atoms with Crippen LogP contribution in [-0.4, -0.2) is 19.3 Å². The van der Waals surface area contributed by atoms with E-state index in [1.54, 1.807) is 6.20 Å². The van der Waals surface area contributed by atoms with Gasteiger partial charge in [0.15, 0.2) is 5.75 Å². The summed E-state index contributed by atoms with van der Waals surface area (Å²) in [4.78, 5) is 4.23. The van der Waals surface area contributed by atoms with Crippen molar-refractivity contribution in [3.05, 3.63) is 67.1 Å². The molecule has 0 bridgehead atoms. The third-order valence-corrected chi connectivity index (χ3v) is 7.01. The van der Waals surface area contributed by atoms with Crippen LogP contribution in [0.1, 0.15) is 12.8 Å². The SMILES string of the molecule is C#C/C(Cl)=C\C=C(/CCl)S(=O)(=O)Nc1cc(Cl)c(Oc2cnc3c(c2)=CCCC=3)c(Cl)c1. The molecule has 1 heterocycles. The van der Waals surface area contributed by atoms with Crippen molar-refractivity contribution in [2.45, 2.75) is 12.8 Å². The van der Waals surface area contributed by atoms with Gasteiger partial charge in [0.05, 0.1) is 43.1 Å². The first-order valence-corrected chi connectivity index (χ1v) is 12.3. The number of alkyl halides is 1. The number of sulfonamides is 1. The third-order valence-electron chi connectivity index (χ3n) is 4.29. The Hall–Kier alpha value is -2.14. The molecule has 0 saturated heterocycles. The minimum Gasteiger partial charge on any atom is -0.453 e. The highest BCUT2D eigenvalue weighted by Crippen LogP contribution is 2.39. The fraction of sp³-hybridized carbons (Fsp3) is 0.136. The van der Waals surface area contributed by atoms with Crippen LogP contribution >= 0.6 is 46.4 Å². The van der Waals surface area contributed by atoms with Gasteiger partial charge in [0.2, 0.25) is 0 Å². The van der Waals surface area contributed by atoms with Gasteiger partial charge in [-0.3, -0.25) is 9.71 Å². The van der Waals surface area contributed by atoms with Crippen LogP contribution in [0.15, 0.2) is 46.5 Å². The lowest BCUT2D eigenvalue weighted by Crippen LogP contribution is -2.29. The summed E-state index contributed by atoms with van der Waals surface area (Å²) in [5.41, 5.74) is 0.127. The zero-order valence-corrected chi connectivity index (χ0v) is 20.2. The number of aromatic nitrogens is 1. The normalized spacial score (nSPS) is 14.0. The number of pyridine rings is 1. The molecule has 1 aromatic heterocycles. The molecule has 32 heavy (non-hydrogen) atoms. The molecule has 0 saturated carbocycles. The summed E-state index contributed by atoms with van der Waals surface area (Å²) in [7, 11) is -4.01. The number of hydrogen-bond acceptors (Lipinski definition) is 4. The van der Waals surface area contributed by atoms with E-state index in [-0.39, 0.29) is 37.3 Å². The van der Waals surface area contributed by atoms with E-state index in [0.29, 0.717) is 5.75 Å². The van der Waals surface area contributed by atoms with E-state index in [9.17, 15) is 8.42 Å². The maximum absolute atomic E-state index is 12.6. The van der Waals surface area contributed by atoms with Crippen molar-refractivity contribution >= 4 is 74.3 Å². The van der Waals surface area contributed by atoms with Gasteiger partial charge in [0.25, 0.3) is 10.0 Å². The highest BCUT2D eigenvalue weighted by Gasteiger charge is 2.19. The topological polar surface area (TPSA) is 68.3 Å².